The van der Waals surface area contributed by atoms with Crippen molar-refractivity contribution >= 4 is 45.5 Å². The second-order valence-electron chi connectivity index (χ2n) is 6.72. The Morgan fingerprint density at radius 1 is 1.35 bits per heavy atom. The fourth-order valence-electron chi connectivity index (χ4n) is 3.54. The van der Waals surface area contributed by atoms with E-state index in [0.717, 1.165) is 21.9 Å². The second kappa shape index (κ2) is 8.16. The smallest absolute Gasteiger partial charge is 0.354 e. The van der Waals surface area contributed by atoms with Crippen LogP contribution in [0.15, 0.2) is 46.6 Å². The van der Waals surface area contributed by atoms with E-state index in [0.29, 0.717) is 5.57 Å². The van der Waals surface area contributed by atoms with E-state index in [1.807, 2.05) is 6.07 Å². The van der Waals surface area contributed by atoms with Crippen molar-refractivity contribution in [1.82, 2.24) is 20.3 Å². The summed E-state index contributed by atoms with van der Waals surface area (Å²) in [6, 6.07) is 8.04. The molecule has 1 unspecified atom stereocenters. The molecule has 160 valence electrons. The van der Waals surface area contributed by atoms with Crippen LogP contribution in [-0.4, -0.2) is 69.8 Å². The number of benzene rings is 1. The number of nitrogens with zero attached hydrogens (tertiary/aromatic N) is 4. The number of carbonyl (C=O) groups excluding carboxylic acids is 2. The fourth-order valence-corrected chi connectivity index (χ4v) is 4.09. The number of aliphatic carboxylic acids is 1. The number of thiazole rings is 1. The van der Waals surface area contributed by atoms with Crippen LogP contribution in [0.1, 0.15) is 11.3 Å². The van der Waals surface area contributed by atoms with Gasteiger partial charge in [-0.2, -0.15) is 0 Å². The van der Waals surface area contributed by atoms with Gasteiger partial charge in [0.25, 0.3) is 11.8 Å². The number of fused-ring (bicyclic) bond motifs is 1. The molecule has 1 aromatic heterocycles. The minimum Gasteiger partial charge on any atom is -0.477 e. The van der Waals surface area contributed by atoms with Gasteiger partial charge < -0.3 is 21.0 Å². The number of hydrogen-bond acceptors (Lipinski definition) is 9. The first-order valence-electron chi connectivity index (χ1n) is 9.14. The number of amides is 2. The van der Waals surface area contributed by atoms with E-state index in [1.165, 1.54) is 7.11 Å². The summed E-state index contributed by atoms with van der Waals surface area (Å²) in [5, 5.41) is 20.5. The molecule has 4 N–H and O–H groups in total. The Morgan fingerprint density at radius 2 is 2.10 bits per heavy atom. The van der Waals surface area contributed by atoms with Gasteiger partial charge in [-0.05, 0) is 5.56 Å². The van der Waals surface area contributed by atoms with Gasteiger partial charge in [0.1, 0.15) is 18.8 Å². The number of nitrogens with two attached hydrogens (primary N) is 1. The van der Waals surface area contributed by atoms with Crippen molar-refractivity contribution in [3.8, 4) is 0 Å². The number of anilines is 1. The van der Waals surface area contributed by atoms with E-state index in [2.05, 4.69) is 15.5 Å². The second-order valence-corrected chi connectivity index (χ2v) is 7.60. The molecule has 0 aliphatic carbocycles. The van der Waals surface area contributed by atoms with Crippen LogP contribution in [0.2, 0.25) is 0 Å². The number of oxime groups is 1. The van der Waals surface area contributed by atoms with Crippen molar-refractivity contribution in [3.05, 3.63) is 52.7 Å². The Labute approximate surface area is 180 Å². The first kappa shape index (κ1) is 20.5. The standard InChI is InChI=1S/C19H18N6O5S/c1-30-23-14(13-9-31-19(20)22-13)16(26)21-12-8-24-7-11(10-5-3-2-4-6-10)15(18(28)29)25(24)17(12)27/h2-6,9,12H,7-8H2,1H3,(H2,20,22)(H,21,26)(H,28,29)/b23-14-. The number of nitrogens with one attached hydrogen (secondary N) is 1. The molecule has 2 amide bonds. The maximum Gasteiger partial charge on any atom is 0.354 e. The van der Waals surface area contributed by atoms with E-state index in [-0.39, 0.29) is 35.3 Å². The molecule has 0 radical (unpaired) electrons. The number of carboxylic acids is 1. The molecule has 0 saturated carbocycles. The SMILES string of the molecule is CO/N=C(\C(=O)NC1CN2CC(c3ccccc3)=C(C(=O)O)N2C1=O)c1csc(N)n1. The summed E-state index contributed by atoms with van der Waals surface area (Å²) in [5.74, 6) is -2.45. The molecule has 3 heterocycles. The van der Waals surface area contributed by atoms with Crippen LogP contribution in [0.4, 0.5) is 5.13 Å². The van der Waals surface area contributed by atoms with Gasteiger partial charge >= 0.3 is 5.97 Å². The number of carbonyl (C=O) groups is 3. The predicted molar refractivity (Wildman–Crippen MR) is 111 cm³/mol. The molecule has 1 saturated heterocycles. The monoisotopic (exact) mass is 442 g/mol. The molecular formula is C19H18N6O5S. The summed E-state index contributed by atoms with van der Waals surface area (Å²) in [4.78, 5) is 46.5. The quantitative estimate of drug-likeness (QED) is 0.422. The summed E-state index contributed by atoms with van der Waals surface area (Å²) >= 11 is 1.13. The number of rotatable bonds is 6. The zero-order valence-electron chi connectivity index (χ0n) is 16.3. The lowest BCUT2D eigenvalue weighted by Gasteiger charge is -2.19. The molecule has 11 nitrogen and oxygen atoms in total. The lowest BCUT2D eigenvalue weighted by molar-refractivity contribution is -0.143. The largest absolute Gasteiger partial charge is 0.477 e. The van der Waals surface area contributed by atoms with Crippen LogP contribution < -0.4 is 11.1 Å². The Balaban J connectivity index is 1.57. The third kappa shape index (κ3) is 3.73. The van der Waals surface area contributed by atoms with Crippen LogP contribution in [0, 0.1) is 0 Å². The molecule has 0 spiro atoms. The minimum absolute atomic E-state index is 0.108. The average Bonchev–Trinajstić information content (AvgIpc) is 3.42. The zero-order valence-corrected chi connectivity index (χ0v) is 17.1. The highest BCUT2D eigenvalue weighted by molar-refractivity contribution is 7.13. The summed E-state index contributed by atoms with van der Waals surface area (Å²) in [6.07, 6.45) is 0. The fraction of sp³-hybridized carbons (Fsp3) is 0.211. The van der Waals surface area contributed by atoms with Crippen LogP contribution >= 0.6 is 11.3 Å². The lowest BCUT2D eigenvalue weighted by atomic mass is 10.0. The lowest BCUT2D eigenvalue weighted by Crippen LogP contribution is -2.46. The maximum atomic E-state index is 13.0. The Bertz CT molecular complexity index is 1110. The van der Waals surface area contributed by atoms with E-state index in [4.69, 9.17) is 10.6 Å². The van der Waals surface area contributed by atoms with Crippen LogP contribution in [0.5, 0.6) is 0 Å². The molecule has 1 atom stereocenters. The summed E-state index contributed by atoms with van der Waals surface area (Å²) in [5.41, 5.74) is 6.83. The number of carboxylic acid groups (broad SMARTS) is 1. The van der Waals surface area contributed by atoms with E-state index in [1.54, 1.807) is 34.7 Å². The summed E-state index contributed by atoms with van der Waals surface area (Å²) in [7, 11) is 1.28. The summed E-state index contributed by atoms with van der Waals surface area (Å²) < 4.78 is 0. The Morgan fingerprint density at radius 3 is 2.71 bits per heavy atom. The summed E-state index contributed by atoms with van der Waals surface area (Å²) in [6.45, 7) is 0.336. The molecule has 2 aromatic rings. The number of hydrazine groups is 1. The van der Waals surface area contributed by atoms with Crippen molar-refractivity contribution < 1.29 is 24.3 Å². The molecule has 1 fully saturated rings. The van der Waals surface area contributed by atoms with Gasteiger partial charge in [-0.3, -0.25) is 9.59 Å². The van der Waals surface area contributed by atoms with E-state index < -0.39 is 23.8 Å². The topological polar surface area (TPSA) is 150 Å². The number of aromatic nitrogens is 1. The molecule has 12 heteroatoms. The predicted octanol–water partition coefficient (Wildman–Crippen LogP) is 0.129. The van der Waals surface area contributed by atoms with E-state index >= 15 is 0 Å². The Kier molecular flexibility index (Phi) is 5.40. The van der Waals surface area contributed by atoms with Gasteiger partial charge in [0, 0.05) is 24.0 Å². The van der Waals surface area contributed by atoms with Gasteiger partial charge in [-0.1, -0.05) is 35.5 Å². The van der Waals surface area contributed by atoms with Crippen molar-refractivity contribution in [1.29, 1.82) is 0 Å². The van der Waals surface area contributed by atoms with Gasteiger partial charge in [0.15, 0.2) is 16.5 Å². The van der Waals surface area contributed by atoms with Gasteiger partial charge in [0.05, 0.1) is 0 Å². The molecule has 31 heavy (non-hydrogen) atoms. The van der Waals surface area contributed by atoms with Crippen LogP contribution in [0.25, 0.3) is 5.57 Å². The van der Waals surface area contributed by atoms with Crippen LogP contribution in [-0.2, 0) is 19.2 Å². The first-order valence-corrected chi connectivity index (χ1v) is 10.0. The van der Waals surface area contributed by atoms with Crippen molar-refractivity contribution in [2.75, 3.05) is 25.9 Å². The first-order chi connectivity index (χ1) is 14.9. The molecule has 0 bridgehead atoms. The highest BCUT2D eigenvalue weighted by atomic mass is 32.1. The van der Waals surface area contributed by atoms with Crippen LogP contribution in [0.3, 0.4) is 0 Å². The molecular weight excluding hydrogens is 424 g/mol. The normalized spacial score (nSPS) is 19.0. The highest BCUT2D eigenvalue weighted by Gasteiger charge is 2.48. The average molecular weight is 442 g/mol. The van der Waals surface area contributed by atoms with Crippen molar-refractivity contribution in [2.24, 2.45) is 5.16 Å². The van der Waals surface area contributed by atoms with Gasteiger partial charge in [0.2, 0.25) is 0 Å². The molecule has 2 aliphatic rings. The van der Waals surface area contributed by atoms with Crippen molar-refractivity contribution in [2.45, 2.75) is 6.04 Å². The molecule has 4 rings (SSSR count). The highest BCUT2D eigenvalue weighted by Crippen LogP contribution is 2.34. The third-order valence-electron chi connectivity index (χ3n) is 4.81. The van der Waals surface area contributed by atoms with E-state index in [9.17, 15) is 19.5 Å². The molecule has 1 aromatic carbocycles. The Hall–Kier alpha value is -3.77. The van der Waals surface area contributed by atoms with Gasteiger partial charge in [-0.25, -0.2) is 19.8 Å². The molecule has 2 aliphatic heterocycles. The third-order valence-corrected chi connectivity index (χ3v) is 5.49. The minimum atomic E-state index is -1.22. The van der Waals surface area contributed by atoms with Crippen molar-refractivity contribution in [3.63, 3.8) is 0 Å². The van der Waals surface area contributed by atoms with Gasteiger partial charge in [-0.15, -0.1) is 11.3 Å². The number of nitrogen functional groups attached to an aromatic ring is 1. The number of hydrogen-bond donors (Lipinski definition) is 3. The maximum absolute atomic E-state index is 13.0. The zero-order chi connectivity index (χ0) is 22.1.